The van der Waals surface area contributed by atoms with E-state index < -0.39 is 29.3 Å². The van der Waals surface area contributed by atoms with E-state index in [2.05, 4.69) is 10.6 Å². The molecule has 0 aliphatic rings. The van der Waals surface area contributed by atoms with Crippen molar-refractivity contribution >= 4 is 23.6 Å². The Morgan fingerprint density at radius 1 is 0.902 bits per heavy atom. The maximum atomic E-state index is 14.7. The molecule has 0 aromatic heterocycles. The van der Waals surface area contributed by atoms with Crippen LogP contribution in [0, 0.1) is 33.6 Å². The number of aryl methyl sites for hydroxylation is 4. The van der Waals surface area contributed by atoms with Crippen molar-refractivity contribution < 1.29 is 19.1 Å². The molecule has 0 saturated carbocycles. The smallest absolute Gasteiger partial charge is 0.408 e. The molecule has 0 aliphatic heterocycles. The molecule has 2 aromatic rings. The van der Waals surface area contributed by atoms with Gasteiger partial charge in [-0.25, -0.2) is 4.79 Å². The van der Waals surface area contributed by atoms with Crippen LogP contribution in [-0.2, 0) is 14.3 Å². The Morgan fingerprint density at radius 2 is 1.49 bits per heavy atom. The number of benzene rings is 2. The number of hydrogen-bond donors (Lipinski definition) is 2. The van der Waals surface area contributed by atoms with Gasteiger partial charge in [0.1, 0.15) is 17.7 Å². The summed E-state index contributed by atoms with van der Waals surface area (Å²) in [5.74, 6) is -0.824. The fraction of sp³-hybridized carbons (Fsp3) is 0.559. The normalized spacial score (nSPS) is 14.0. The van der Waals surface area contributed by atoms with Gasteiger partial charge in [-0.1, -0.05) is 69.2 Å². The first-order valence-electron chi connectivity index (χ1n) is 14.7. The van der Waals surface area contributed by atoms with Crippen molar-refractivity contribution in [3.63, 3.8) is 0 Å². The first kappa shape index (κ1) is 33.9. The average molecular weight is 566 g/mol. The van der Waals surface area contributed by atoms with Gasteiger partial charge >= 0.3 is 6.09 Å². The lowest BCUT2D eigenvalue weighted by Crippen LogP contribution is -2.60. The highest BCUT2D eigenvalue weighted by molar-refractivity contribution is 6.00. The van der Waals surface area contributed by atoms with Crippen molar-refractivity contribution in [1.82, 2.24) is 10.2 Å². The molecule has 0 heterocycles. The van der Waals surface area contributed by atoms with Crippen LogP contribution in [-0.4, -0.2) is 40.0 Å². The van der Waals surface area contributed by atoms with Crippen LogP contribution in [0.5, 0.6) is 0 Å². The Kier molecular flexibility index (Phi) is 11.2. The Morgan fingerprint density at radius 3 is 1.98 bits per heavy atom. The molecule has 3 atom stereocenters. The van der Waals surface area contributed by atoms with Crippen molar-refractivity contribution in [3.8, 4) is 0 Å². The minimum absolute atomic E-state index is 0.202. The number of nitrogens with zero attached hydrogens (tertiary/aromatic N) is 1. The minimum atomic E-state index is -0.941. The quantitative estimate of drug-likeness (QED) is 0.311. The second-order valence-electron chi connectivity index (χ2n) is 12.9. The minimum Gasteiger partial charge on any atom is -0.444 e. The summed E-state index contributed by atoms with van der Waals surface area (Å²) in [6.45, 7) is 23.1. The third kappa shape index (κ3) is 8.57. The maximum Gasteiger partial charge on any atom is 0.408 e. The Balaban J connectivity index is 2.75. The van der Waals surface area contributed by atoms with E-state index in [0.717, 1.165) is 33.5 Å². The highest BCUT2D eigenvalue weighted by Crippen LogP contribution is 2.36. The lowest BCUT2D eigenvalue weighted by Gasteiger charge is -2.45. The highest BCUT2D eigenvalue weighted by atomic mass is 16.6. The van der Waals surface area contributed by atoms with E-state index in [4.69, 9.17) is 4.74 Å². The molecule has 2 rings (SSSR count). The predicted octanol–water partition coefficient (Wildman–Crippen LogP) is 7.56. The van der Waals surface area contributed by atoms with Crippen LogP contribution in [0.3, 0.4) is 0 Å². The van der Waals surface area contributed by atoms with Crippen LogP contribution in [0.4, 0.5) is 10.5 Å². The highest BCUT2D eigenvalue weighted by Gasteiger charge is 2.44. The molecule has 2 N–H and O–H groups in total. The second-order valence-corrected chi connectivity index (χ2v) is 12.9. The van der Waals surface area contributed by atoms with E-state index in [0.29, 0.717) is 12.8 Å². The van der Waals surface area contributed by atoms with E-state index >= 15 is 0 Å². The molecule has 0 bridgehead atoms. The molecule has 7 heteroatoms. The largest absolute Gasteiger partial charge is 0.444 e. The number of anilines is 1. The standard InChI is InChI=1S/C34H51N3O4/c1-13-22(4)28(36-32(40)41-33(8,9)10)31(39)37(34(11,12)14-2)29(26-19-18-21(3)20-25(26)7)30(38)35-27-23(5)16-15-17-24(27)6/h15-20,22,28-29H,13-14H2,1-12H3,(H,35,38)(H,36,40). The number of ether oxygens (including phenoxy) is 1. The fourth-order valence-electron chi connectivity index (χ4n) is 4.95. The topological polar surface area (TPSA) is 87.7 Å². The molecule has 3 amide bonds. The summed E-state index contributed by atoms with van der Waals surface area (Å²) in [5, 5.41) is 6.01. The molecule has 41 heavy (non-hydrogen) atoms. The van der Waals surface area contributed by atoms with Gasteiger partial charge in [0.2, 0.25) is 5.91 Å². The third-order valence-electron chi connectivity index (χ3n) is 7.86. The summed E-state index contributed by atoms with van der Waals surface area (Å²) in [5.41, 5.74) is 3.90. The molecule has 0 spiro atoms. The van der Waals surface area contributed by atoms with Gasteiger partial charge in [-0.15, -0.1) is 0 Å². The molecule has 0 aliphatic carbocycles. The Bertz CT molecular complexity index is 1220. The monoisotopic (exact) mass is 565 g/mol. The maximum absolute atomic E-state index is 14.7. The van der Waals surface area contributed by atoms with Crippen LogP contribution in [0.2, 0.25) is 0 Å². The van der Waals surface area contributed by atoms with Crippen LogP contribution >= 0.6 is 0 Å². The zero-order chi connectivity index (χ0) is 31.3. The van der Waals surface area contributed by atoms with E-state index in [1.54, 1.807) is 25.7 Å². The fourth-order valence-corrected chi connectivity index (χ4v) is 4.95. The van der Waals surface area contributed by atoms with Crippen LogP contribution in [0.25, 0.3) is 0 Å². The van der Waals surface area contributed by atoms with Crippen molar-refractivity contribution in [3.05, 3.63) is 64.2 Å². The number of para-hydroxylation sites is 1. The van der Waals surface area contributed by atoms with Gasteiger partial charge in [-0.2, -0.15) is 0 Å². The van der Waals surface area contributed by atoms with Crippen molar-refractivity contribution in [2.45, 2.75) is 119 Å². The summed E-state index contributed by atoms with van der Waals surface area (Å²) in [6.07, 6.45) is 0.583. The summed E-state index contributed by atoms with van der Waals surface area (Å²) in [4.78, 5) is 43.7. The first-order chi connectivity index (χ1) is 18.9. The number of hydrogen-bond acceptors (Lipinski definition) is 4. The van der Waals surface area contributed by atoms with Crippen molar-refractivity contribution in [2.24, 2.45) is 5.92 Å². The van der Waals surface area contributed by atoms with Gasteiger partial charge in [0.05, 0.1) is 0 Å². The van der Waals surface area contributed by atoms with E-state index in [1.807, 2.05) is 98.7 Å². The Hall–Kier alpha value is -3.35. The summed E-state index contributed by atoms with van der Waals surface area (Å²) < 4.78 is 5.53. The lowest BCUT2D eigenvalue weighted by molar-refractivity contribution is -0.148. The summed E-state index contributed by atoms with van der Waals surface area (Å²) in [6, 6.07) is 9.97. The van der Waals surface area contributed by atoms with Crippen molar-refractivity contribution in [2.75, 3.05) is 5.32 Å². The number of rotatable bonds is 10. The van der Waals surface area contributed by atoms with E-state index in [-0.39, 0.29) is 17.7 Å². The second kappa shape index (κ2) is 13.5. The zero-order valence-electron chi connectivity index (χ0n) is 27.2. The predicted molar refractivity (Wildman–Crippen MR) is 167 cm³/mol. The molecule has 0 fully saturated rings. The van der Waals surface area contributed by atoms with E-state index in [9.17, 15) is 14.4 Å². The summed E-state index contributed by atoms with van der Waals surface area (Å²) in [7, 11) is 0. The van der Waals surface area contributed by atoms with Gasteiger partial charge in [0, 0.05) is 11.2 Å². The number of alkyl carbamates (subject to hydrolysis) is 1. The number of carbonyl (C=O) groups excluding carboxylic acids is 3. The SMILES string of the molecule is CCC(C)C(NC(=O)OC(C)(C)C)C(=O)N(C(C(=O)Nc1c(C)cccc1C)c1ccc(C)cc1C)C(C)(C)CC. The van der Waals surface area contributed by atoms with Crippen molar-refractivity contribution in [1.29, 1.82) is 0 Å². The van der Waals surface area contributed by atoms with E-state index in [1.165, 1.54) is 0 Å². The number of carbonyl (C=O) groups is 3. The molecule has 0 saturated heterocycles. The van der Waals surface area contributed by atoms with Crippen LogP contribution in [0.1, 0.15) is 102 Å². The van der Waals surface area contributed by atoms with Gasteiger partial charge in [0.15, 0.2) is 0 Å². The number of nitrogens with one attached hydrogen (secondary N) is 2. The van der Waals surface area contributed by atoms with Gasteiger partial charge in [0.25, 0.3) is 5.91 Å². The third-order valence-corrected chi connectivity index (χ3v) is 7.86. The first-order valence-corrected chi connectivity index (χ1v) is 14.7. The zero-order valence-corrected chi connectivity index (χ0v) is 27.2. The lowest BCUT2D eigenvalue weighted by atomic mass is 9.88. The summed E-state index contributed by atoms with van der Waals surface area (Å²) >= 11 is 0. The van der Waals surface area contributed by atoms with Crippen LogP contribution < -0.4 is 10.6 Å². The van der Waals surface area contributed by atoms with Gasteiger partial charge in [-0.3, -0.25) is 9.59 Å². The van der Waals surface area contributed by atoms with Gasteiger partial charge in [-0.05, 0) is 96.9 Å². The molecule has 0 radical (unpaired) electrons. The molecular formula is C34H51N3O4. The molecule has 226 valence electrons. The average Bonchev–Trinajstić information content (AvgIpc) is 2.86. The molecular weight excluding hydrogens is 514 g/mol. The van der Waals surface area contributed by atoms with Crippen LogP contribution in [0.15, 0.2) is 36.4 Å². The van der Waals surface area contributed by atoms with Gasteiger partial charge < -0.3 is 20.3 Å². The number of amides is 3. The molecule has 2 aromatic carbocycles. The Labute approximate surface area is 247 Å². The molecule has 3 unspecified atom stereocenters. The molecule has 7 nitrogen and oxygen atoms in total.